The summed E-state index contributed by atoms with van der Waals surface area (Å²) in [4.78, 5) is 23.7. The summed E-state index contributed by atoms with van der Waals surface area (Å²) >= 11 is 0. The van der Waals surface area contributed by atoms with Gasteiger partial charge in [0.05, 0.1) is 17.0 Å². The Bertz CT molecular complexity index is 583. The van der Waals surface area contributed by atoms with Crippen LogP contribution in [0, 0.1) is 16.7 Å². The van der Waals surface area contributed by atoms with Gasteiger partial charge in [-0.1, -0.05) is 25.3 Å². The molecule has 0 bridgehead atoms. The van der Waals surface area contributed by atoms with Crippen LogP contribution >= 0.6 is 0 Å². The average Bonchev–Trinajstić information content (AvgIpc) is 2.48. The van der Waals surface area contributed by atoms with Gasteiger partial charge in [-0.25, -0.2) is 0 Å². The molecular formula is C16H18N2O3. The fourth-order valence-electron chi connectivity index (χ4n) is 2.87. The third-order valence-corrected chi connectivity index (χ3v) is 4.04. The number of carboxylic acid groups (broad SMARTS) is 1. The van der Waals surface area contributed by atoms with Crippen molar-refractivity contribution in [3.8, 4) is 6.07 Å². The summed E-state index contributed by atoms with van der Waals surface area (Å²) < 4.78 is 0. The maximum atomic E-state index is 12.1. The highest BCUT2D eigenvalue weighted by atomic mass is 16.4. The van der Waals surface area contributed by atoms with Crippen LogP contribution in [0.5, 0.6) is 0 Å². The molecule has 1 aromatic rings. The van der Waals surface area contributed by atoms with Crippen LogP contribution in [0.3, 0.4) is 0 Å². The molecule has 5 heteroatoms. The minimum atomic E-state index is -0.935. The lowest BCUT2D eigenvalue weighted by Gasteiger charge is -2.32. The molecule has 21 heavy (non-hydrogen) atoms. The molecule has 2 rings (SSSR count). The van der Waals surface area contributed by atoms with Crippen molar-refractivity contribution in [3.05, 3.63) is 29.8 Å². The van der Waals surface area contributed by atoms with Crippen LogP contribution in [-0.4, -0.2) is 17.0 Å². The first-order chi connectivity index (χ1) is 10.1. The molecule has 0 unspecified atom stereocenters. The molecule has 110 valence electrons. The number of hydrogen-bond acceptors (Lipinski definition) is 3. The number of hydrogen-bond donors (Lipinski definition) is 2. The second-order valence-corrected chi connectivity index (χ2v) is 5.56. The molecule has 0 radical (unpaired) electrons. The van der Waals surface area contributed by atoms with Crippen molar-refractivity contribution in [2.24, 2.45) is 5.41 Å². The van der Waals surface area contributed by atoms with Crippen LogP contribution in [0.4, 0.5) is 5.69 Å². The van der Waals surface area contributed by atoms with Crippen molar-refractivity contribution in [3.63, 3.8) is 0 Å². The maximum Gasteiger partial charge on any atom is 0.310 e. The zero-order valence-corrected chi connectivity index (χ0v) is 11.8. The van der Waals surface area contributed by atoms with Crippen molar-refractivity contribution in [1.82, 2.24) is 0 Å². The molecule has 1 aliphatic rings. The molecule has 2 N–H and O–H groups in total. The summed E-state index contributed by atoms with van der Waals surface area (Å²) in [6.45, 7) is 0. The van der Waals surface area contributed by atoms with E-state index >= 15 is 0 Å². The Morgan fingerprint density at radius 1 is 1.29 bits per heavy atom. The molecule has 0 atom stereocenters. The van der Waals surface area contributed by atoms with E-state index in [4.69, 9.17) is 5.26 Å². The van der Waals surface area contributed by atoms with E-state index in [0.717, 1.165) is 19.3 Å². The van der Waals surface area contributed by atoms with Gasteiger partial charge in [-0.2, -0.15) is 5.26 Å². The minimum absolute atomic E-state index is 0.0148. The molecule has 5 nitrogen and oxygen atoms in total. The van der Waals surface area contributed by atoms with Gasteiger partial charge in [0.2, 0.25) is 5.91 Å². The van der Waals surface area contributed by atoms with E-state index in [1.807, 2.05) is 6.07 Å². The van der Waals surface area contributed by atoms with Crippen LogP contribution in [0.25, 0.3) is 0 Å². The van der Waals surface area contributed by atoms with Gasteiger partial charge in [-0.15, -0.1) is 0 Å². The fraction of sp³-hybridized carbons (Fsp3) is 0.438. The van der Waals surface area contributed by atoms with E-state index in [1.165, 1.54) is 0 Å². The first kappa shape index (κ1) is 15.0. The van der Waals surface area contributed by atoms with Gasteiger partial charge >= 0.3 is 5.97 Å². The maximum absolute atomic E-state index is 12.1. The van der Waals surface area contributed by atoms with Gasteiger partial charge in [-0.3, -0.25) is 9.59 Å². The minimum Gasteiger partial charge on any atom is -0.481 e. The second kappa shape index (κ2) is 6.40. The van der Waals surface area contributed by atoms with Crippen molar-refractivity contribution in [2.45, 2.75) is 38.5 Å². The second-order valence-electron chi connectivity index (χ2n) is 5.56. The largest absolute Gasteiger partial charge is 0.481 e. The molecular weight excluding hydrogens is 268 g/mol. The molecule has 1 aliphatic carbocycles. The molecule has 1 aromatic carbocycles. The molecule has 1 saturated carbocycles. The van der Waals surface area contributed by atoms with Crippen LogP contribution in [-0.2, 0) is 9.59 Å². The normalized spacial score (nSPS) is 16.7. The molecule has 1 fully saturated rings. The highest BCUT2D eigenvalue weighted by Gasteiger charge is 2.41. The Balaban J connectivity index is 2.06. The molecule has 1 amide bonds. The number of nitrogens with zero attached hydrogens (tertiary/aromatic N) is 1. The Hall–Kier alpha value is -2.35. The lowest BCUT2D eigenvalue weighted by Crippen LogP contribution is -2.37. The Morgan fingerprint density at radius 3 is 2.62 bits per heavy atom. The van der Waals surface area contributed by atoms with Gasteiger partial charge in [0.1, 0.15) is 0 Å². The zero-order valence-electron chi connectivity index (χ0n) is 11.8. The van der Waals surface area contributed by atoms with Gasteiger partial charge < -0.3 is 10.4 Å². The van der Waals surface area contributed by atoms with Gasteiger partial charge in [-0.05, 0) is 31.0 Å². The smallest absolute Gasteiger partial charge is 0.310 e. The van der Waals surface area contributed by atoms with Crippen molar-refractivity contribution < 1.29 is 14.7 Å². The number of rotatable bonds is 4. The summed E-state index contributed by atoms with van der Waals surface area (Å²) in [5.41, 5.74) is 0.0450. The predicted molar refractivity (Wildman–Crippen MR) is 77.6 cm³/mol. The van der Waals surface area contributed by atoms with Crippen LogP contribution in [0.2, 0.25) is 0 Å². The molecule has 0 aliphatic heterocycles. The molecule has 0 saturated heterocycles. The van der Waals surface area contributed by atoms with Crippen molar-refractivity contribution in [2.75, 3.05) is 5.32 Å². The summed E-state index contributed by atoms with van der Waals surface area (Å²) in [5.74, 6) is -1.20. The average molecular weight is 286 g/mol. The highest BCUT2D eigenvalue weighted by molar-refractivity contribution is 5.94. The van der Waals surface area contributed by atoms with E-state index < -0.39 is 11.4 Å². The standard InChI is InChI=1S/C16H18N2O3/c17-11-12-5-4-6-13(9-12)18-14(19)10-16(15(20)21)7-2-1-3-8-16/h4-6,9H,1-3,7-8,10H2,(H,18,19)(H,20,21). The van der Waals surface area contributed by atoms with E-state index in [0.29, 0.717) is 24.1 Å². The number of anilines is 1. The van der Waals surface area contributed by atoms with Crippen LogP contribution in [0.1, 0.15) is 44.1 Å². The van der Waals surface area contributed by atoms with Crippen LogP contribution in [0.15, 0.2) is 24.3 Å². The first-order valence-corrected chi connectivity index (χ1v) is 7.09. The topological polar surface area (TPSA) is 90.2 Å². The number of carbonyl (C=O) groups excluding carboxylic acids is 1. The monoisotopic (exact) mass is 286 g/mol. The van der Waals surface area contributed by atoms with E-state index in [-0.39, 0.29) is 12.3 Å². The van der Waals surface area contributed by atoms with Gasteiger partial charge in [0, 0.05) is 12.1 Å². The zero-order chi connectivity index (χ0) is 15.3. The number of aliphatic carboxylic acids is 1. The highest BCUT2D eigenvalue weighted by Crippen LogP contribution is 2.39. The summed E-state index contributed by atoms with van der Waals surface area (Å²) in [6.07, 6.45) is 3.81. The van der Waals surface area contributed by atoms with Crippen molar-refractivity contribution >= 4 is 17.6 Å². The fourth-order valence-corrected chi connectivity index (χ4v) is 2.87. The van der Waals surface area contributed by atoms with E-state index in [2.05, 4.69) is 5.32 Å². The number of nitrogens with one attached hydrogen (secondary N) is 1. The summed E-state index contributed by atoms with van der Waals surface area (Å²) in [5, 5.41) is 21.0. The Morgan fingerprint density at radius 2 is 2.00 bits per heavy atom. The molecule has 0 spiro atoms. The number of carbonyl (C=O) groups is 2. The Kier molecular flexibility index (Phi) is 4.59. The van der Waals surface area contributed by atoms with Gasteiger partial charge in [0.15, 0.2) is 0 Å². The number of nitriles is 1. The number of carboxylic acids is 1. The lowest BCUT2D eigenvalue weighted by molar-refractivity contribution is -0.153. The SMILES string of the molecule is N#Cc1cccc(NC(=O)CC2(C(=O)O)CCCCC2)c1. The van der Waals surface area contributed by atoms with E-state index in [1.54, 1.807) is 24.3 Å². The molecule has 0 aromatic heterocycles. The third kappa shape index (κ3) is 3.60. The third-order valence-electron chi connectivity index (χ3n) is 4.04. The van der Waals surface area contributed by atoms with Gasteiger partial charge in [0.25, 0.3) is 0 Å². The number of amides is 1. The van der Waals surface area contributed by atoms with E-state index in [9.17, 15) is 14.7 Å². The summed E-state index contributed by atoms with van der Waals surface area (Å²) in [6, 6.07) is 8.60. The molecule has 0 heterocycles. The lowest BCUT2D eigenvalue weighted by atomic mass is 9.71. The quantitative estimate of drug-likeness (QED) is 0.890. The number of benzene rings is 1. The Labute approximate surface area is 123 Å². The van der Waals surface area contributed by atoms with Crippen LogP contribution < -0.4 is 5.32 Å². The summed E-state index contributed by atoms with van der Waals surface area (Å²) in [7, 11) is 0. The predicted octanol–water partition coefficient (Wildman–Crippen LogP) is 2.92. The van der Waals surface area contributed by atoms with Crippen molar-refractivity contribution in [1.29, 1.82) is 5.26 Å². The first-order valence-electron chi connectivity index (χ1n) is 7.09.